The molecule has 2 rings (SSSR count). The number of amides is 1. The number of nitrogens with one attached hydrogen (secondary N) is 1. The number of hydrogen-bond donors (Lipinski definition) is 2. The second-order valence-electron chi connectivity index (χ2n) is 4.37. The van der Waals surface area contributed by atoms with E-state index in [1.165, 1.54) is 6.07 Å². The van der Waals surface area contributed by atoms with E-state index in [2.05, 4.69) is 10.3 Å². The van der Waals surface area contributed by atoms with Crippen molar-refractivity contribution < 1.29 is 19.1 Å². The van der Waals surface area contributed by atoms with Gasteiger partial charge >= 0.3 is 5.97 Å². The number of aromatic nitrogens is 1. The molecule has 21 heavy (non-hydrogen) atoms. The lowest BCUT2D eigenvalue weighted by Crippen LogP contribution is -2.13. The number of carbonyl (C=O) groups is 2. The van der Waals surface area contributed by atoms with Gasteiger partial charge in [-0.2, -0.15) is 0 Å². The topological polar surface area (TPSA) is 79.3 Å². The minimum Gasteiger partial charge on any atom is -0.478 e. The molecule has 6 heteroatoms. The molecule has 1 amide bonds. The van der Waals surface area contributed by atoms with Gasteiger partial charge in [-0.25, -0.2) is 9.18 Å². The maximum absolute atomic E-state index is 13.5. The molecule has 0 aliphatic carbocycles. The first kappa shape index (κ1) is 14.6. The van der Waals surface area contributed by atoms with Crippen molar-refractivity contribution in [3.05, 3.63) is 59.7 Å². The third-order valence-corrected chi connectivity index (χ3v) is 2.82. The molecule has 0 bridgehead atoms. The van der Waals surface area contributed by atoms with Crippen molar-refractivity contribution in [1.29, 1.82) is 0 Å². The highest BCUT2D eigenvalue weighted by Gasteiger charge is 2.11. The summed E-state index contributed by atoms with van der Waals surface area (Å²) in [6.45, 7) is 0. The van der Waals surface area contributed by atoms with Crippen LogP contribution in [0.2, 0.25) is 0 Å². The second kappa shape index (κ2) is 6.60. The smallest absolute Gasteiger partial charge is 0.338 e. The van der Waals surface area contributed by atoms with E-state index >= 15 is 0 Å². The van der Waals surface area contributed by atoms with Crippen molar-refractivity contribution in [3.63, 3.8) is 0 Å². The average Bonchev–Trinajstić information content (AvgIpc) is 2.46. The summed E-state index contributed by atoms with van der Waals surface area (Å²) in [6.07, 6.45) is 2.33. The van der Waals surface area contributed by atoms with Crippen LogP contribution in [0.4, 0.5) is 10.1 Å². The monoisotopic (exact) mass is 288 g/mol. The summed E-state index contributed by atoms with van der Waals surface area (Å²) >= 11 is 0. The zero-order valence-electron chi connectivity index (χ0n) is 11.0. The molecule has 1 heterocycles. The van der Waals surface area contributed by atoms with E-state index in [9.17, 15) is 14.0 Å². The normalized spacial score (nSPS) is 10.1. The Morgan fingerprint density at radius 1 is 1.24 bits per heavy atom. The molecule has 0 saturated carbocycles. The predicted octanol–water partition coefficient (Wildman–Crippen LogP) is 2.49. The van der Waals surface area contributed by atoms with Gasteiger partial charge in [-0.15, -0.1) is 0 Å². The number of hydrogen-bond acceptors (Lipinski definition) is 3. The zero-order chi connectivity index (χ0) is 15.2. The van der Waals surface area contributed by atoms with Crippen LogP contribution in [0.15, 0.2) is 42.6 Å². The number of pyridine rings is 1. The molecule has 0 aliphatic heterocycles. The number of carboxylic acid groups (broad SMARTS) is 1. The lowest BCUT2D eigenvalue weighted by atomic mass is 10.2. The lowest BCUT2D eigenvalue weighted by Gasteiger charge is -2.06. The van der Waals surface area contributed by atoms with E-state index < -0.39 is 17.3 Å². The average molecular weight is 288 g/mol. The maximum atomic E-state index is 13.5. The molecule has 5 nitrogen and oxygen atoms in total. The molecule has 0 fully saturated rings. The van der Waals surface area contributed by atoms with Crippen LogP contribution in [0.1, 0.15) is 22.5 Å². The molecule has 108 valence electrons. The van der Waals surface area contributed by atoms with E-state index in [-0.39, 0.29) is 18.0 Å². The van der Waals surface area contributed by atoms with Gasteiger partial charge in [-0.1, -0.05) is 6.07 Å². The summed E-state index contributed by atoms with van der Waals surface area (Å²) in [7, 11) is 0. The summed E-state index contributed by atoms with van der Waals surface area (Å²) < 4.78 is 13.5. The Bertz CT molecular complexity index is 659. The molecule has 0 radical (unpaired) electrons. The minimum absolute atomic E-state index is 0.208. The molecule has 0 unspecified atom stereocenters. The van der Waals surface area contributed by atoms with Gasteiger partial charge in [-0.3, -0.25) is 9.78 Å². The Kier molecular flexibility index (Phi) is 4.61. The Hall–Kier alpha value is -2.76. The van der Waals surface area contributed by atoms with E-state index in [1.54, 1.807) is 12.3 Å². The van der Waals surface area contributed by atoms with E-state index in [4.69, 9.17) is 5.11 Å². The highest BCUT2D eigenvalue weighted by atomic mass is 19.1. The molecule has 2 N–H and O–H groups in total. The number of halogens is 1. The van der Waals surface area contributed by atoms with Gasteiger partial charge < -0.3 is 10.4 Å². The third kappa shape index (κ3) is 4.10. The summed E-state index contributed by atoms with van der Waals surface area (Å²) in [5, 5.41) is 11.2. The molecular formula is C15H13FN2O3. The molecule has 1 aromatic carbocycles. The van der Waals surface area contributed by atoms with Gasteiger partial charge in [0.1, 0.15) is 5.82 Å². The maximum Gasteiger partial charge on any atom is 0.338 e. The number of aryl methyl sites for hydroxylation is 1. The number of aromatic carboxylic acids is 1. The Labute approximate surface area is 120 Å². The SMILES string of the molecule is O=C(CCc1ccccn1)Nc1ccc(C(=O)O)c(F)c1. The highest BCUT2D eigenvalue weighted by molar-refractivity contribution is 5.92. The molecule has 0 saturated heterocycles. The second-order valence-corrected chi connectivity index (χ2v) is 4.37. The van der Waals surface area contributed by atoms with E-state index in [0.29, 0.717) is 6.42 Å². The molecular weight excluding hydrogens is 275 g/mol. The van der Waals surface area contributed by atoms with Crippen molar-refractivity contribution in [2.24, 2.45) is 0 Å². The summed E-state index contributed by atoms with van der Waals surface area (Å²) in [5.41, 5.74) is 0.588. The van der Waals surface area contributed by atoms with Crippen molar-refractivity contribution in [1.82, 2.24) is 4.98 Å². The minimum atomic E-state index is -1.35. The number of carboxylic acids is 1. The first-order valence-corrected chi connectivity index (χ1v) is 6.29. The predicted molar refractivity (Wildman–Crippen MR) is 74.5 cm³/mol. The molecule has 0 atom stereocenters. The van der Waals surface area contributed by atoms with Gasteiger partial charge in [0.2, 0.25) is 5.91 Å². The molecule has 1 aromatic heterocycles. The van der Waals surface area contributed by atoms with Crippen molar-refractivity contribution >= 4 is 17.6 Å². The van der Waals surface area contributed by atoms with Crippen LogP contribution >= 0.6 is 0 Å². The van der Waals surface area contributed by atoms with E-state index in [0.717, 1.165) is 17.8 Å². The zero-order valence-corrected chi connectivity index (χ0v) is 11.0. The Morgan fingerprint density at radius 3 is 2.67 bits per heavy atom. The van der Waals surface area contributed by atoms with Crippen LogP contribution in [-0.4, -0.2) is 22.0 Å². The number of anilines is 1. The van der Waals surface area contributed by atoms with Crippen LogP contribution in [0.25, 0.3) is 0 Å². The van der Waals surface area contributed by atoms with Crippen molar-refractivity contribution in [3.8, 4) is 0 Å². The molecule has 0 spiro atoms. The first-order valence-electron chi connectivity index (χ1n) is 6.29. The van der Waals surface area contributed by atoms with E-state index in [1.807, 2.05) is 12.1 Å². The van der Waals surface area contributed by atoms with Crippen LogP contribution in [0.3, 0.4) is 0 Å². The van der Waals surface area contributed by atoms with Crippen molar-refractivity contribution in [2.75, 3.05) is 5.32 Å². The fraction of sp³-hybridized carbons (Fsp3) is 0.133. The van der Waals surface area contributed by atoms with Gasteiger partial charge in [0.15, 0.2) is 0 Å². The number of carbonyl (C=O) groups excluding carboxylic acids is 1. The fourth-order valence-corrected chi connectivity index (χ4v) is 1.78. The van der Waals surface area contributed by atoms with Gasteiger partial charge in [0.05, 0.1) is 5.56 Å². The summed E-state index contributed by atoms with van der Waals surface area (Å²) in [4.78, 5) is 26.5. The number of benzene rings is 1. The number of rotatable bonds is 5. The standard InChI is InChI=1S/C15H13FN2O3/c16-13-9-11(4-6-12(13)15(20)21)18-14(19)7-5-10-3-1-2-8-17-10/h1-4,6,8-9H,5,7H2,(H,18,19)(H,20,21). The van der Waals surface area contributed by atoms with Crippen LogP contribution in [0.5, 0.6) is 0 Å². The Balaban J connectivity index is 1.94. The lowest BCUT2D eigenvalue weighted by molar-refractivity contribution is -0.116. The number of nitrogens with zero attached hydrogens (tertiary/aromatic N) is 1. The van der Waals surface area contributed by atoms with Crippen LogP contribution in [0, 0.1) is 5.82 Å². The summed E-state index contributed by atoms with van der Waals surface area (Å²) in [5.74, 6) is -2.52. The Morgan fingerprint density at radius 2 is 2.05 bits per heavy atom. The quantitative estimate of drug-likeness (QED) is 0.886. The molecule has 2 aromatic rings. The fourth-order valence-electron chi connectivity index (χ4n) is 1.78. The first-order chi connectivity index (χ1) is 10.1. The van der Waals surface area contributed by atoms with Crippen LogP contribution < -0.4 is 5.32 Å². The third-order valence-electron chi connectivity index (χ3n) is 2.82. The highest BCUT2D eigenvalue weighted by Crippen LogP contribution is 2.15. The van der Waals surface area contributed by atoms with Crippen molar-refractivity contribution in [2.45, 2.75) is 12.8 Å². The largest absolute Gasteiger partial charge is 0.478 e. The van der Waals surface area contributed by atoms with Gasteiger partial charge in [-0.05, 0) is 36.8 Å². The van der Waals surface area contributed by atoms with Gasteiger partial charge in [0.25, 0.3) is 0 Å². The summed E-state index contributed by atoms with van der Waals surface area (Å²) in [6, 6.07) is 8.89. The van der Waals surface area contributed by atoms with Crippen LogP contribution in [-0.2, 0) is 11.2 Å². The van der Waals surface area contributed by atoms with Gasteiger partial charge in [0, 0.05) is 24.0 Å². The molecule has 0 aliphatic rings.